The Bertz CT molecular complexity index is 563. The largest absolute Gasteiger partial charge is 0.497 e. The van der Waals surface area contributed by atoms with Crippen LogP contribution in [-0.4, -0.2) is 14.2 Å². The van der Waals surface area contributed by atoms with E-state index in [2.05, 4.69) is 55.6 Å². The molecule has 2 heteroatoms. The monoisotopic (exact) mass is 255 g/mol. The number of rotatable bonds is 4. The molecular weight excluding hydrogens is 234 g/mol. The number of hydrogen-bond donors (Lipinski definition) is 1. The Morgan fingerprint density at radius 2 is 1.63 bits per heavy atom. The van der Waals surface area contributed by atoms with Gasteiger partial charge in [0.15, 0.2) is 0 Å². The fourth-order valence-corrected chi connectivity index (χ4v) is 2.49. The van der Waals surface area contributed by atoms with Crippen LogP contribution >= 0.6 is 0 Å². The van der Waals surface area contributed by atoms with Crippen LogP contribution in [0.2, 0.25) is 0 Å². The minimum atomic E-state index is 0.215. The van der Waals surface area contributed by atoms with Crippen molar-refractivity contribution in [3.63, 3.8) is 0 Å². The van der Waals surface area contributed by atoms with Gasteiger partial charge in [-0.2, -0.15) is 0 Å². The number of methoxy groups -OCH3 is 1. The third kappa shape index (κ3) is 2.79. The number of benzene rings is 2. The SMILES string of the molecule is CNC(c1ccccc1C)c1ccc(OC)cc1C. The second kappa shape index (κ2) is 5.89. The predicted molar refractivity (Wildman–Crippen MR) is 79.8 cm³/mol. The van der Waals surface area contributed by atoms with Crippen LogP contribution in [0.4, 0.5) is 0 Å². The summed E-state index contributed by atoms with van der Waals surface area (Å²) in [4.78, 5) is 0. The molecule has 0 saturated carbocycles. The van der Waals surface area contributed by atoms with Crippen molar-refractivity contribution >= 4 is 0 Å². The van der Waals surface area contributed by atoms with Gasteiger partial charge in [-0.25, -0.2) is 0 Å². The Morgan fingerprint density at radius 3 is 2.21 bits per heavy atom. The quantitative estimate of drug-likeness (QED) is 0.901. The molecule has 0 saturated heterocycles. The van der Waals surface area contributed by atoms with E-state index in [1.54, 1.807) is 7.11 Å². The first kappa shape index (κ1) is 13.6. The maximum atomic E-state index is 5.27. The molecule has 19 heavy (non-hydrogen) atoms. The van der Waals surface area contributed by atoms with Crippen LogP contribution in [0.5, 0.6) is 5.75 Å². The van der Waals surface area contributed by atoms with E-state index < -0.39 is 0 Å². The van der Waals surface area contributed by atoms with Crippen molar-refractivity contribution < 1.29 is 4.74 Å². The van der Waals surface area contributed by atoms with Gasteiger partial charge in [0, 0.05) is 0 Å². The van der Waals surface area contributed by atoms with Gasteiger partial charge in [0.25, 0.3) is 0 Å². The van der Waals surface area contributed by atoms with E-state index in [-0.39, 0.29) is 6.04 Å². The van der Waals surface area contributed by atoms with Crippen molar-refractivity contribution in [1.82, 2.24) is 5.32 Å². The van der Waals surface area contributed by atoms with Gasteiger partial charge >= 0.3 is 0 Å². The van der Waals surface area contributed by atoms with E-state index in [1.165, 1.54) is 22.3 Å². The van der Waals surface area contributed by atoms with E-state index in [0.717, 1.165) is 5.75 Å². The minimum Gasteiger partial charge on any atom is -0.497 e. The molecular formula is C17H21NO. The third-order valence-electron chi connectivity index (χ3n) is 3.58. The smallest absolute Gasteiger partial charge is 0.119 e. The molecule has 2 nitrogen and oxygen atoms in total. The van der Waals surface area contributed by atoms with Crippen molar-refractivity contribution in [3.05, 3.63) is 64.7 Å². The van der Waals surface area contributed by atoms with Gasteiger partial charge in [-0.3, -0.25) is 0 Å². The maximum Gasteiger partial charge on any atom is 0.119 e. The Morgan fingerprint density at radius 1 is 0.947 bits per heavy atom. The predicted octanol–water partition coefficient (Wildman–Crippen LogP) is 3.62. The van der Waals surface area contributed by atoms with E-state index in [1.807, 2.05) is 13.1 Å². The lowest BCUT2D eigenvalue weighted by atomic mass is 9.92. The Kier molecular flexibility index (Phi) is 4.23. The zero-order valence-electron chi connectivity index (χ0n) is 12.0. The first-order valence-electron chi connectivity index (χ1n) is 6.54. The van der Waals surface area contributed by atoms with Gasteiger partial charge in [0.2, 0.25) is 0 Å². The minimum absolute atomic E-state index is 0.215. The number of ether oxygens (including phenoxy) is 1. The molecule has 0 radical (unpaired) electrons. The van der Waals surface area contributed by atoms with Gasteiger partial charge in [0.1, 0.15) is 5.75 Å². The van der Waals surface area contributed by atoms with Crippen LogP contribution in [0.1, 0.15) is 28.3 Å². The van der Waals surface area contributed by atoms with Crippen LogP contribution in [0.15, 0.2) is 42.5 Å². The fourth-order valence-electron chi connectivity index (χ4n) is 2.49. The van der Waals surface area contributed by atoms with Crippen molar-refractivity contribution in [3.8, 4) is 5.75 Å². The lowest BCUT2D eigenvalue weighted by Gasteiger charge is -2.21. The fraction of sp³-hybridized carbons (Fsp3) is 0.294. The number of nitrogens with one attached hydrogen (secondary N) is 1. The molecule has 2 aromatic rings. The summed E-state index contributed by atoms with van der Waals surface area (Å²) in [5, 5.41) is 3.41. The van der Waals surface area contributed by atoms with Gasteiger partial charge in [0.05, 0.1) is 13.2 Å². The Balaban J connectivity index is 2.46. The third-order valence-corrected chi connectivity index (χ3v) is 3.58. The maximum absolute atomic E-state index is 5.27. The van der Waals surface area contributed by atoms with Gasteiger partial charge in [-0.05, 0) is 55.3 Å². The summed E-state index contributed by atoms with van der Waals surface area (Å²) in [6, 6.07) is 15.0. The summed E-state index contributed by atoms with van der Waals surface area (Å²) < 4.78 is 5.27. The number of aryl methyl sites for hydroxylation is 2. The molecule has 0 aliphatic carbocycles. The van der Waals surface area contributed by atoms with E-state index in [4.69, 9.17) is 4.74 Å². The van der Waals surface area contributed by atoms with Gasteiger partial charge in [-0.1, -0.05) is 30.3 Å². The molecule has 0 bridgehead atoms. The normalized spacial score (nSPS) is 12.2. The van der Waals surface area contributed by atoms with Crippen LogP contribution < -0.4 is 10.1 Å². The molecule has 0 spiro atoms. The molecule has 0 aliphatic rings. The Hall–Kier alpha value is -1.80. The van der Waals surface area contributed by atoms with E-state index >= 15 is 0 Å². The van der Waals surface area contributed by atoms with Crippen LogP contribution in [-0.2, 0) is 0 Å². The van der Waals surface area contributed by atoms with Crippen LogP contribution in [0.3, 0.4) is 0 Å². The Labute approximate surface area is 115 Å². The van der Waals surface area contributed by atoms with Crippen molar-refractivity contribution in [2.24, 2.45) is 0 Å². The zero-order valence-corrected chi connectivity index (χ0v) is 12.0. The molecule has 0 fully saturated rings. The molecule has 2 rings (SSSR count). The molecule has 0 heterocycles. The van der Waals surface area contributed by atoms with Crippen LogP contribution in [0, 0.1) is 13.8 Å². The van der Waals surface area contributed by atoms with Crippen molar-refractivity contribution in [2.75, 3.05) is 14.2 Å². The standard InChI is InChI=1S/C17H21NO/c1-12-7-5-6-8-15(12)17(18-3)16-10-9-14(19-4)11-13(16)2/h5-11,17-18H,1-4H3. The van der Waals surface area contributed by atoms with Gasteiger partial charge in [-0.15, -0.1) is 0 Å². The van der Waals surface area contributed by atoms with Gasteiger partial charge < -0.3 is 10.1 Å². The average molecular weight is 255 g/mol. The highest BCUT2D eigenvalue weighted by atomic mass is 16.5. The molecule has 2 aromatic carbocycles. The summed E-state index contributed by atoms with van der Waals surface area (Å²) in [6.45, 7) is 4.28. The summed E-state index contributed by atoms with van der Waals surface area (Å²) >= 11 is 0. The molecule has 1 atom stereocenters. The first-order chi connectivity index (χ1) is 9.17. The van der Waals surface area contributed by atoms with E-state index in [0.29, 0.717) is 0 Å². The summed E-state index contributed by atoms with van der Waals surface area (Å²) in [7, 11) is 3.70. The molecule has 0 aliphatic heterocycles. The summed E-state index contributed by atoms with van der Waals surface area (Å²) in [6.07, 6.45) is 0. The summed E-state index contributed by atoms with van der Waals surface area (Å²) in [5.74, 6) is 0.904. The summed E-state index contributed by atoms with van der Waals surface area (Å²) in [5.41, 5.74) is 5.15. The molecule has 1 N–H and O–H groups in total. The average Bonchev–Trinajstić information content (AvgIpc) is 2.43. The first-order valence-corrected chi connectivity index (χ1v) is 6.54. The van der Waals surface area contributed by atoms with Crippen LogP contribution in [0.25, 0.3) is 0 Å². The van der Waals surface area contributed by atoms with Crippen molar-refractivity contribution in [2.45, 2.75) is 19.9 Å². The second-order valence-electron chi connectivity index (χ2n) is 4.80. The number of hydrogen-bond acceptors (Lipinski definition) is 2. The molecule has 0 amide bonds. The zero-order chi connectivity index (χ0) is 13.8. The second-order valence-corrected chi connectivity index (χ2v) is 4.80. The lowest BCUT2D eigenvalue weighted by Crippen LogP contribution is -2.19. The highest BCUT2D eigenvalue weighted by Gasteiger charge is 2.16. The molecule has 0 aromatic heterocycles. The topological polar surface area (TPSA) is 21.3 Å². The molecule has 100 valence electrons. The van der Waals surface area contributed by atoms with Crippen molar-refractivity contribution in [1.29, 1.82) is 0 Å². The van der Waals surface area contributed by atoms with E-state index in [9.17, 15) is 0 Å². The highest BCUT2D eigenvalue weighted by molar-refractivity contribution is 5.43. The molecule has 1 unspecified atom stereocenters. The lowest BCUT2D eigenvalue weighted by molar-refractivity contribution is 0.414. The highest BCUT2D eigenvalue weighted by Crippen LogP contribution is 2.28.